The molecule has 2 atom stereocenters. The first-order valence-corrected chi connectivity index (χ1v) is 10.2. The van der Waals surface area contributed by atoms with Gasteiger partial charge < -0.3 is 10.2 Å². The summed E-state index contributed by atoms with van der Waals surface area (Å²) in [6.07, 6.45) is -2.94. The van der Waals surface area contributed by atoms with Crippen LogP contribution in [-0.4, -0.2) is 47.9 Å². The van der Waals surface area contributed by atoms with E-state index in [0.29, 0.717) is 6.42 Å². The molecule has 1 N–H and O–H groups in total. The highest BCUT2D eigenvalue weighted by atomic mass is 35.5. The quantitative estimate of drug-likeness (QED) is 0.706. The normalized spacial score (nSPS) is 20.6. The predicted octanol–water partition coefficient (Wildman–Crippen LogP) is 3.82. The third-order valence-corrected chi connectivity index (χ3v) is 6.09. The molecule has 2 amide bonds. The fraction of sp³-hybridized carbons (Fsp3) is 0.667. The summed E-state index contributed by atoms with van der Waals surface area (Å²) < 4.78 is 39.7. The maximum absolute atomic E-state index is 13.2. The molecule has 2 unspecified atom stereocenters. The SMILES string of the molecule is Cc1cc(CCCC(=O)N2CCC(C(F)(F)F)C(NC(=O)CCl)C2)c(C)s1. The standard InChI is InChI=1S/C18H24ClF3N2O2S/c1-11-8-13(12(2)27-11)4-3-5-17(26)24-7-6-14(18(20,21)22)15(10-24)23-16(25)9-19/h8,14-15H,3-7,9-10H2,1-2H3,(H,23,25). The van der Waals surface area contributed by atoms with Gasteiger partial charge >= 0.3 is 6.18 Å². The lowest BCUT2D eigenvalue weighted by Crippen LogP contribution is -2.57. The van der Waals surface area contributed by atoms with Crippen molar-refractivity contribution in [1.82, 2.24) is 10.2 Å². The van der Waals surface area contributed by atoms with E-state index in [2.05, 4.69) is 11.4 Å². The van der Waals surface area contributed by atoms with E-state index in [1.54, 1.807) is 11.3 Å². The van der Waals surface area contributed by atoms with Crippen LogP contribution in [-0.2, 0) is 16.0 Å². The number of piperidine rings is 1. The Bertz CT molecular complexity index is 678. The average Bonchev–Trinajstić information content (AvgIpc) is 2.91. The molecule has 1 saturated heterocycles. The Hall–Kier alpha value is -1.28. The Kier molecular flexibility index (Phi) is 7.56. The number of hydrogen-bond acceptors (Lipinski definition) is 3. The molecule has 1 aliphatic heterocycles. The molecule has 27 heavy (non-hydrogen) atoms. The molecule has 0 spiro atoms. The monoisotopic (exact) mass is 424 g/mol. The highest BCUT2D eigenvalue weighted by Gasteiger charge is 2.48. The zero-order valence-electron chi connectivity index (χ0n) is 15.4. The van der Waals surface area contributed by atoms with Crippen LogP contribution in [0, 0.1) is 19.8 Å². The van der Waals surface area contributed by atoms with Crippen LogP contribution in [0.3, 0.4) is 0 Å². The van der Waals surface area contributed by atoms with Gasteiger partial charge in [0.15, 0.2) is 0 Å². The average molecular weight is 425 g/mol. The molecule has 2 heterocycles. The van der Waals surface area contributed by atoms with Gasteiger partial charge in [0.05, 0.1) is 12.0 Å². The maximum Gasteiger partial charge on any atom is 0.393 e. The Balaban J connectivity index is 1.92. The van der Waals surface area contributed by atoms with Crippen LogP contribution in [0.15, 0.2) is 6.07 Å². The molecule has 1 aromatic heterocycles. The Labute approximate surface area is 166 Å². The number of carbonyl (C=O) groups is 2. The van der Waals surface area contributed by atoms with Gasteiger partial charge in [0.2, 0.25) is 11.8 Å². The van der Waals surface area contributed by atoms with E-state index in [1.165, 1.54) is 20.2 Å². The van der Waals surface area contributed by atoms with Crippen molar-refractivity contribution in [3.63, 3.8) is 0 Å². The molecule has 9 heteroatoms. The lowest BCUT2D eigenvalue weighted by Gasteiger charge is -2.39. The highest BCUT2D eigenvalue weighted by Crippen LogP contribution is 2.34. The van der Waals surface area contributed by atoms with Gasteiger partial charge in [-0.3, -0.25) is 9.59 Å². The summed E-state index contributed by atoms with van der Waals surface area (Å²) >= 11 is 7.11. The first-order chi connectivity index (χ1) is 12.6. The summed E-state index contributed by atoms with van der Waals surface area (Å²) in [5.74, 6) is -2.90. The molecule has 0 aliphatic carbocycles. The third-order valence-electron chi connectivity index (χ3n) is 4.83. The van der Waals surface area contributed by atoms with E-state index in [1.807, 2.05) is 13.8 Å². The molecule has 0 radical (unpaired) electrons. The number of carbonyl (C=O) groups excluding carboxylic acids is 2. The number of nitrogens with zero attached hydrogens (tertiary/aromatic N) is 1. The van der Waals surface area contributed by atoms with Gasteiger partial charge in [0.25, 0.3) is 0 Å². The molecule has 2 rings (SSSR count). The van der Waals surface area contributed by atoms with Crippen molar-refractivity contribution < 1.29 is 22.8 Å². The summed E-state index contributed by atoms with van der Waals surface area (Å²) in [6, 6.07) is 0.951. The van der Waals surface area contributed by atoms with Gasteiger partial charge in [0.1, 0.15) is 5.88 Å². The fourth-order valence-electron chi connectivity index (χ4n) is 3.48. The minimum Gasteiger partial charge on any atom is -0.350 e. The van der Waals surface area contributed by atoms with Crippen molar-refractivity contribution in [2.24, 2.45) is 5.92 Å². The van der Waals surface area contributed by atoms with Gasteiger partial charge in [0, 0.05) is 29.3 Å². The lowest BCUT2D eigenvalue weighted by atomic mass is 9.90. The summed E-state index contributed by atoms with van der Waals surface area (Å²) in [5, 5.41) is 2.32. The number of nitrogens with one attached hydrogen (secondary N) is 1. The van der Waals surface area contributed by atoms with Gasteiger partial charge in [-0.1, -0.05) is 0 Å². The first-order valence-electron chi connectivity index (χ1n) is 8.87. The smallest absolute Gasteiger partial charge is 0.350 e. The van der Waals surface area contributed by atoms with E-state index < -0.39 is 29.9 Å². The second-order valence-electron chi connectivity index (χ2n) is 6.88. The number of hydrogen-bond donors (Lipinski definition) is 1. The molecule has 1 fully saturated rings. The molecule has 0 saturated carbocycles. The molecule has 4 nitrogen and oxygen atoms in total. The topological polar surface area (TPSA) is 49.4 Å². The van der Waals surface area contributed by atoms with Crippen LogP contribution in [0.4, 0.5) is 13.2 Å². The van der Waals surface area contributed by atoms with Crippen molar-refractivity contribution in [3.8, 4) is 0 Å². The Morgan fingerprint density at radius 1 is 1.37 bits per heavy atom. The highest BCUT2D eigenvalue weighted by molar-refractivity contribution is 7.12. The van der Waals surface area contributed by atoms with Crippen LogP contribution in [0.1, 0.15) is 34.6 Å². The molecular formula is C18H24ClF3N2O2S. The van der Waals surface area contributed by atoms with Crippen LogP contribution in [0.5, 0.6) is 0 Å². The second-order valence-corrected chi connectivity index (χ2v) is 8.60. The zero-order chi connectivity index (χ0) is 20.2. The fourth-order valence-corrected chi connectivity index (χ4v) is 4.54. The van der Waals surface area contributed by atoms with E-state index >= 15 is 0 Å². The maximum atomic E-state index is 13.2. The van der Waals surface area contributed by atoms with E-state index in [4.69, 9.17) is 11.6 Å². The van der Waals surface area contributed by atoms with Crippen molar-refractivity contribution >= 4 is 34.8 Å². The number of alkyl halides is 4. The van der Waals surface area contributed by atoms with Crippen LogP contribution < -0.4 is 5.32 Å². The van der Waals surface area contributed by atoms with Crippen LogP contribution in [0.2, 0.25) is 0 Å². The van der Waals surface area contributed by atoms with Crippen molar-refractivity contribution in [1.29, 1.82) is 0 Å². The second kappa shape index (κ2) is 9.28. The predicted molar refractivity (Wildman–Crippen MR) is 100 cm³/mol. The van der Waals surface area contributed by atoms with E-state index in [0.717, 1.165) is 6.42 Å². The van der Waals surface area contributed by atoms with Gasteiger partial charge in [-0.2, -0.15) is 13.2 Å². The molecule has 1 aromatic rings. The third kappa shape index (κ3) is 6.10. The van der Waals surface area contributed by atoms with Crippen LogP contribution in [0.25, 0.3) is 0 Å². The minimum atomic E-state index is -4.42. The Morgan fingerprint density at radius 3 is 2.63 bits per heavy atom. The molecule has 0 aromatic carbocycles. The van der Waals surface area contributed by atoms with Crippen LogP contribution >= 0.6 is 22.9 Å². The number of amides is 2. The lowest BCUT2D eigenvalue weighted by molar-refractivity contribution is -0.194. The van der Waals surface area contributed by atoms with Crippen molar-refractivity contribution in [2.75, 3.05) is 19.0 Å². The van der Waals surface area contributed by atoms with Gasteiger partial charge in [-0.25, -0.2) is 0 Å². The van der Waals surface area contributed by atoms with E-state index in [-0.39, 0.29) is 31.8 Å². The van der Waals surface area contributed by atoms with Crippen molar-refractivity contribution in [3.05, 3.63) is 21.4 Å². The Morgan fingerprint density at radius 2 is 2.07 bits per heavy atom. The molecule has 0 bridgehead atoms. The molecular weight excluding hydrogens is 401 g/mol. The summed E-state index contributed by atoms with van der Waals surface area (Å²) in [7, 11) is 0. The number of aryl methyl sites for hydroxylation is 3. The first kappa shape index (κ1) is 22.0. The minimum absolute atomic E-state index is 0.0485. The number of thiophene rings is 1. The summed E-state index contributed by atoms with van der Waals surface area (Å²) in [5.41, 5.74) is 1.22. The molecule has 1 aliphatic rings. The summed E-state index contributed by atoms with van der Waals surface area (Å²) in [6.45, 7) is 3.99. The largest absolute Gasteiger partial charge is 0.393 e. The molecule has 152 valence electrons. The number of likely N-dealkylation sites (tertiary alicyclic amines) is 1. The number of halogens is 4. The van der Waals surface area contributed by atoms with Crippen molar-refractivity contribution in [2.45, 2.75) is 51.7 Å². The van der Waals surface area contributed by atoms with E-state index in [9.17, 15) is 22.8 Å². The van der Waals surface area contributed by atoms with Gasteiger partial charge in [-0.15, -0.1) is 22.9 Å². The zero-order valence-corrected chi connectivity index (χ0v) is 16.9. The number of rotatable bonds is 6. The summed E-state index contributed by atoms with van der Waals surface area (Å²) in [4.78, 5) is 27.8. The van der Waals surface area contributed by atoms with Gasteiger partial charge in [-0.05, 0) is 44.7 Å².